The summed E-state index contributed by atoms with van der Waals surface area (Å²) in [6.45, 7) is 5.29. The third-order valence-electron chi connectivity index (χ3n) is 3.38. The lowest BCUT2D eigenvalue weighted by molar-refractivity contribution is 0.518. The number of sulfonamides is 1. The molecule has 1 aromatic carbocycles. The lowest BCUT2D eigenvalue weighted by atomic mass is 10.0. The lowest BCUT2D eigenvalue weighted by Gasteiger charge is -2.15. The molecule has 0 radical (unpaired) electrons. The summed E-state index contributed by atoms with van der Waals surface area (Å²) in [4.78, 5) is 0.325. The molecule has 19 heavy (non-hydrogen) atoms. The van der Waals surface area contributed by atoms with Gasteiger partial charge in [0, 0.05) is 26.3 Å². The van der Waals surface area contributed by atoms with E-state index in [0.717, 1.165) is 25.1 Å². The SMILES string of the molecule is CCC(CC)CNc1ccc(S(=O)(=O)N(C)C)cc1. The van der Waals surface area contributed by atoms with E-state index in [9.17, 15) is 8.42 Å². The maximum atomic E-state index is 11.9. The van der Waals surface area contributed by atoms with Crippen LogP contribution in [0.1, 0.15) is 26.7 Å². The molecule has 0 amide bonds. The van der Waals surface area contributed by atoms with Gasteiger partial charge in [-0.15, -0.1) is 0 Å². The second kappa shape index (κ2) is 6.91. The van der Waals surface area contributed by atoms with Crippen molar-refractivity contribution in [3.63, 3.8) is 0 Å². The summed E-state index contributed by atoms with van der Waals surface area (Å²) in [6.07, 6.45) is 2.30. The fourth-order valence-electron chi connectivity index (χ4n) is 1.80. The van der Waals surface area contributed by atoms with Crippen molar-refractivity contribution in [3.05, 3.63) is 24.3 Å². The molecular weight excluding hydrogens is 260 g/mol. The Labute approximate surface area is 116 Å². The first kappa shape index (κ1) is 16.0. The predicted octanol–water partition coefficient (Wildman–Crippen LogP) is 2.79. The van der Waals surface area contributed by atoms with Crippen LogP contribution < -0.4 is 5.32 Å². The summed E-state index contributed by atoms with van der Waals surface area (Å²) in [5.41, 5.74) is 0.963. The average molecular weight is 284 g/mol. The Bertz CT molecular complexity index is 477. The molecule has 108 valence electrons. The molecule has 4 nitrogen and oxygen atoms in total. The van der Waals surface area contributed by atoms with E-state index < -0.39 is 10.0 Å². The first-order chi connectivity index (χ1) is 8.91. The minimum atomic E-state index is -3.33. The molecule has 1 N–H and O–H groups in total. The van der Waals surface area contributed by atoms with E-state index in [4.69, 9.17) is 0 Å². The van der Waals surface area contributed by atoms with E-state index in [0.29, 0.717) is 10.8 Å². The second-order valence-electron chi connectivity index (χ2n) is 4.88. The van der Waals surface area contributed by atoms with Gasteiger partial charge in [-0.25, -0.2) is 12.7 Å². The van der Waals surface area contributed by atoms with Crippen LogP contribution in [0.2, 0.25) is 0 Å². The quantitative estimate of drug-likeness (QED) is 0.837. The highest BCUT2D eigenvalue weighted by Gasteiger charge is 2.16. The van der Waals surface area contributed by atoms with Crippen LogP contribution in [0.5, 0.6) is 0 Å². The standard InChI is InChI=1S/C14H24N2O2S/c1-5-12(6-2)11-15-13-7-9-14(10-8-13)19(17,18)16(3)4/h7-10,12,15H,5-6,11H2,1-4H3. The van der Waals surface area contributed by atoms with Crippen LogP contribution in [0.3, 0.4) is 0 Å². The van der Waals surface area contributed by atoms with E-state index in [1.165, 1.54) is 18.4 Å². The third kappa shape index (κ3) is 4.21. The fraction of sp³-hybridized carbons (Fsp3) is 0.571. The third-order valence-corrected chi connectivity index (χ3v) is 5.21. The van der Waals surface area contributed by atoms with Crippen molar-refractivity contribution in [2.45, 2.75) is 31.6 Å². The van der Waals surface area contributed by atoms with Gasteiger partial charge < -0.3 is 5.32 Å². The maximum absolute atomic E-state index is 11.9. The minimum absolute atomic E-state index is 0.325. The lowest BCUT2D eigenvalue weighted by Crippen LogP contribution is -2.22. The number of nitrogens with zero attached hydrogens (tertiary/aromatic N) is 1. The fourth-order valence-corrected chi connectivity index (χ4v) is 2.70. The van der Waals surface area contributed by atoms with Gasteiger partial charge in [0.1, 0.15) is 0 Å². The van der Waals surface area contributed by atoms with E-state index in [1.54, 1.807) is 12.1 Å². The van der Waals surface area contributed by atoms with Crippen LogP contribution in [-0.4, -0.2) is 33.4 Å². The number of rotatable bonds is 7. The highest BCUT2D eigenvalue weighted by molar-refractivity contribution is 7.89. The molecule has 0 aliphatic heterocycles. The average Bonchev–Trinajstić information content (AvgIpc) is 2.40. The summed E-state index contributed by atoms with van der Waals surface area (Å²) in [5, 5.41) is 3.35. The number of nitrogens with one attached hydrogen (secondary N) is 1. The summed E-state index contributed by atoms with van der Waals surface area (Å²) >= 11 is 0. The van der Waals surface area contributed by atoms with Crippen molar-refractivity contribution in [2.75, 3.05) is 26.0 Å². The largest absolute Gasteiger partial charge is 0.385 e. The molecule has 0 heterocycles. The van der Waals surface area contributed by atoms with Gasteiger partial charge >= 0.3 is 0 Å². The topological polar surface area (TPSA) is 49.4 Å². The van der Waals surface area contributed by atoms with Gasteiger partial charge in [-0.2, -0.15) is 0 Å². The van der Waals surface area contributed by atoms with Crippen molar-refractivity contribution < 1.29 is 8.42 Å². The maximum Gasteiger partial charge on any atom is 0.242 e. The van der Waals surface area contributed by atoms with Crippen LogP contribution in [-0.2, 0) is 10.0 Å². The Balaban J connectivity index is 2.72. The van der Waals surface area contributed by atoms with Crippen LogP contribution in [0.25, 0.3) is 0 Å². The van der Waals surface area contributed by atoms with Crippen LogP contribution in [0.4, 0.5) is 5.69 Å². The van der Waals surface area contributed by atoms with Gasteiger partial charge in [0.25, 0.3) is 0 Å². The summed E-state index contributed by atoms with van der Waals surface area (Å²) in [5.74, 6) is 0.658. The molecule has 0 unspecified atom stereocenters. The molecule has 0 saturated heterocycles. The predicted molar refractivity (Wildman–Crippen MR) is 79.9 cm³/mol. The number of anilines is 1. The normalized spacial score (nSPS) is 12.1. The molecule has 5 heteroatoms. The molecule has 0 aromatic heterocycles. The van der Waals surface area contributed by atoms with Crippen LogP contribution in [0.15, 0.2) is 29.2 Å². The highest BCUT2D eigenvalue weighted by Crippen LogP contribution is 2.17. The van der Waals surface area contributed by atoms with Crippen molar-refractivity contribution >= 4 is 15.7 Å². The number of hydrogen-bond acceptors (Lipinski definition) is 3. The van der Waals surface area contributed by atoms with Crippen LogP contribution >= 0.6 is 0 Å². The molecule has 1 aromatic rings. The van der Waals surface area contributed by atoms with E-state index >= 15 is 0 Å². The first-order valence-electron chi connectivity index (χ1n) is 6.68. The monoisotopic (exact) mass is 284 g/mol. The van der Waals surface area contributed by atoms with E-state index in [1.807, 2.05) is 12.1 Å². The van der Waals surface area contributed by atoms with Crippen molar-refractivity contribution in [1.29, 1.82) is 0 Å². The van der Waals surface area contributed by atoms with Gasteiger partial charge in [-0.05, 0) is 30.2 Å². The first-order valence-corrected chi connectivity index (χ1v) is 8.12. The smallest absolute Gasteiger partial charge is 0.242 e. The zero-order valence-corrected chi connectivity index (χ0v) is 13.0. The molecule has 0 bridgehead atoms. The van der Waals surface area contributed by atoms with Crippen molar-refractivity contribution in [3.8, 4) is 0 Å². The van der Waals surface area contributed by atoms with E-state index in [2.05, 4.69) is 19.2 Å². The van der Waals surface area contributed by atoms with Gasteiger partial charge in [0.2, 0.25) is 10.0 Å². The number of hydrogen-bond donors (Lipinski definition) is 1. The Morgan fingerprint density at radius 1 is 1.11 bits per heavy atom. The minimum Gasteiger partial charge on any atom is -0.385 e. The zero-order valence-electron chi connectivity index (χ0n) is 12.2. The number of benzene rings is 1. The Kier molecular flexibility index (Phi) is 5.82. The van der Waals surface area contributed by atoms with Gasteiger partial charge in [-0.3, -0.25) is 0 Å². The van der Waals surface area contributed by atoms with Gasteiger partial charge in [-0.1, -0.05) is 26.7 Å². The Hall–Kier alpha value is -1.07. The second-order valence-corrected chi connectivity index (χ2v) is 7.03. The van der Waals surface area contributed by atoms with Crippen molar-refractivity contribution in [1.82, 2.24) is 4.31 Å². The Morgan fingerprint density at radius 2 is 1.63 bits per heavy atom. The summed E-state index contributed by atoms with van der Waals surface area (Å²) in [6, 6.07) is 6.92. The van der Waals surface area contributed by atoms with Crippen LogP contribution in [0, 0.1) is 5.92 Å². The zero-order chi connectivity index (χ0) is 14.5. The van der Waals surface area contributed by atoms with Gasteiger partial charge in [0.15, 0.2) is 0 Å². The molecule has 0 aliphatic rings. The molecule has 0 aliphatic carbocycles. The highest BCUT2D eigenvalue weighted by atomic mass is 32.2. The molecule has 0 spiro atoms. The van der Waals surface area contributed by atoms with Gasteiger partial charge in [0.05, 0.1) is 4.90 Å². The molecular formula is C14H24N2O2S. The Morgan fingerprint density at radius 3 is 2.05 bits per heavy atom. The molecule has 1 rings (SSSR count). The molecule has 0 atom stereocenters. The molecule has 0 fully saturated rings. The molecule has 0 saturated carbocycles. The summed E-state index contributed by atoms with van der Waals surface area (Å²) < 4.78 is 25.0. The van der Waals surface area contributed by atoms with Crippen molar-refractivity contribution in [2.24, 2.45) is 5.92 Å². The summed E-state index contributed by atoms with van der Waals surface area (Å²) in [7, 11) is -0.256. The van der Waals surface area contributed by atoms with E-state index in [-0.39, 0.29) is 0 Å².